The van der Waals surface area contributed by atoms with E-state index >= 15 is 0 Å². The summed E-state index contributed by atoms with van der Waals surface area (Å²) in [5.74, 6) is -1.24. The number of sulfonamides is 1. The second kappa shape index (κ2) is 9.99. The third kappa shape index (κ3) is 4.76. The molecule has 1 aliphatic rings. The zero-order valence-electron chi connectivity index (χ0n) is 21.7. The predicted molar refractivity (Wildman–Crippen MR) is 142 cm³/mol. The summed E-state index contributed by atoms with van der Waals surface area (Å²) in [5.41, 5.74) is 2.83. The zero-order valence-corrected chi connectivity index (χ0v) is 22.5. The first-order valence-corrected chi connectivity index (χ1v) is 13.4. The predicted octanol–water partition coefficient (Wildman–Crippen LogP) is 3.65. The van der Waals surface area contributed by atoms with Crippen LogP contribution in [0.2, 0.25) is 0 Å². The Morgan fingerprint density at radius 3 is 2.51 bits per heavy atom. The summed E-state index contributed by atoms with van der Waals surface area (Å²) in [7, 11) is 0.128. The van der Waals surface area contributed by atoms with Gasteiger partial charge in [-0.15, -0.1) is 0 Å². The van der Waals surface area contributed by atoms with Crippen LogP contribution in [0.4, 0.5) is 0 Å². The maximum Gasteiger partial charge on any atom is 0.337 e. The van der Waals surface area contributed by atoms with Crippen LogP contribution in [0.25, 0.3) is 10.9 Å². The van der Waals surface area contributed by atoms with E-state index in [0.29, 0.717) is 39.1 Å². The van der Waals surface area contributed by atoms with Crippen molar-refractivity contribution in [2.45, 2.75) is 17.7 Å². The molecule has 2 heterocycles. The molecule has 0 saturated carbocycles. The second-order valence-corrected chi connectivity index (χ2v) is 10.7. The quantitative estimate of drug-likeness (QED) is 0.346. The van der Waals surface area contributed by atoms with Crippen molar-refractivity contribution >= 4 is 32.8 Å². The van der Waals surface area contributed by atoms with E-state index in [2.05, 4.69) is 4.72 Å². The Balaban J connectivity index is 1.63. The van der Waals surface area contributed by atoms with Crippen molar-refractivity contribution in [3.8, 4) is 17.2 Å². The first kappa shape index (κ1) is 26.1. The summed E-state index contributed by atoms with van der Waals surface area (Å²) in [6, 6.07) is 14.6. The fourth-order valence-electron chi connectivity index (χ4n) is 4.70. The lowest BCUT2D eigenvalue weighted by Crippen LogP contribution is -2.35. The number of nitrogens with one attached hydrogen (secondary N) is 1. The van der Waals surface area contributed by atoms with Crippen molar-refractivity contribution in [2.24, 2.45) is 7.05 Å². The molecule has 11 heteroatoms. The van der Waals surface area contributed by atoms with Gasteiger partial charge in [0.05, 0.1) is 25.7 Å². The Labute approximate surface area is 225 Å². The number of aromatic nitrogens is 1. The number of aryl methyl sites for hydroxylation is 2. The molecule has 202 valence electrons. The molecule has 0 saturated heterocycles. The van der Waals surface area contributed by atoms with Gasteiger partial charge in [-0.3, -0.25) is 4.79 Å². The maximum absolute atomic E-state index is 13.9. The second-order valence-electron chi connectivity index (χ2n) is 9.09. The van der Waals surface area contributed by atoms with Crippen LogP contribution >= 0.6 is 0 Å². The first-order valence-electron chi connectivity index (χ1n) is 11.9. The number of methoxy groups -OCH3 is 2. The normalized spacial score (nSPS) is 13.2. The fourth-order valence-corrected chi connectivity index (χ4v) is 5.85. The van der Waals surface area contributed by atoms with Gasteiger partial charge in [-0.05, 0) is 60.0 Å². The number of ether oxygens (including phenoxy) is 4. The molecule has 0 fully saturated rings. The molecule has 3 aromatic carbocycles. The van der Waals surface area contributed by atoms with Crippen LogP contribution in [0.5, 0.6) is 17.2 Å². The van der Waals surface area contributed by atoms with E-state index in [-0.39, 0.29) is 17.4 Å². The molecule has 10 nitrogen and oxygen atoms in total. The van der Waals surface area contributed by atoms with Gasteiger partial charge in [-0.2, -0.15) is 0 Å². The Hall–Kier alpha value is -4.51. The van der Waals surface area contributed by atoms with Gasteiger partial charge >= 0.3 is 5.97 Å². The molecule has 1 N–H and O–H groups in total. The summed E-state index contributed by atoms with van der Waals surface area (Å²) in [5, 5.41) is 0.660. The minimum Gasteiger partial charge on any atom is -0.495 e. The largest absolute Gasteiger partial charge is 0.495 e. The van der Waals surface area contributed by atoms with Crippen LogP contribution in [-0.2, 0) is 26.6 Å². The van der Waals surface area contributed by atoms with Crippen LogP contribution in [0.1, 0.15) is 33.0 Å². The number of hydrogen-bond acceptors (Lipinski definition) is 8. The molecule has 0 bridgehead atoms. The van der Waals surface area contributed by atoms with Gasteiger partial charge in [0.1, 0.15) is 10.6 Å². The lowest BCUT2D eigenvalue weighted by Gasteiger charge is -2.19. The highest BCUT2D eigenvalue weighted by molar-refractivity contribution is 7.90. The highest BCUT2D eigenvalue weighted by Crippen LogP contribution is 2.39. The summed E-state index contributed by atoms with van der Waals surface area (Å²) < 4.78 is 51.8. The van der Waals surface area contributed by atoms with Crippen molar-refractivity contribution in [1.82, 2.24) is 9.29 Å². The van der Waals surface area contributed by atoms with Crippen molar-refractivity contribution < 1.29 is 37.0 Å². The number of nitrogens with zero attached hydrogens (tertiary/aromatic N) is 1. The maximum atomic E-state index is 13.9. The SMILES string of the molecule is COC(=O)c1ccc2c([C@H](C(=O)NS(=O)(=O)c3ccc(C)cc3OC)c3ccc4c(c3)OCO4)cn(C)c2c1. The number of amides is 1. The molecule has 0 aliphatic carbocycles. The van der Waals surface area contributed by atoms with Crippen molar-refractivity contribution in [3.63, 3.8) is 0 Å². The molecule has 4 aromatic rings. The van der Waals surface area contributed by atoms with Gasteiger partial charge in [0, 0.05) is 24.1 Å². The minimum absolute atomic E-state index is 0.0435. The summed E-state index contributed by atoms with van der Waals surface area (Å²) in [6.07, 6.45) is 1.74. The number of hydrogen-bond donors (Lipinski definition) is 1. The van der Waals surface area contributed by atoms with E-state index in [1.165, 1.54) is 20.3 Å². The molecule has 0 spiro atoms. The Morgan fingerprint density at radius 1 is 1.00 bits per heavy atom. The standard InChI is InChI=1S/C28H26N2O8S/c1-16-5-10-25(24(11-16)35-3)39(33,34)29-27(31)26(17-7-9-22-23(13-17)38-15-37-22)20-14-30(2)21-12-18(28(32)36-4)6-8-19(20)21/h5-14,26H,15H2,1-4H3,(H,29,31)/t26-/m1/s1. The molecule has 5 rings (SSSR count). The number of rotatable bonds is 7. The molecule has 1 aliphatic heterocycles. The van der Waals surface area contributed by atoms with E-state index in [0.717, 1.165) is 5.56 Å². The van der Waals surface area contributed by atoms with E-state index in [1.54, 1.807) is 73.3 Å². The van der Waals surface area contributed by atoms with Gasteiger partial charge in [0.25, 0.3) is 10.0 Å². The monoisotopic (exact) mass is 550 g/mol. The summed E-state index contributed by atoms with van der Waals surface area (Å²) >= 11 is 0. The highest BCUT2D eigenvalue weighted by atomic mass is 32.2. The number of esters is 1. The molecule has 0 unspecified atom stereocenters. The third-order valence-corrected chi connectivity index (χ3v) is 7.98. The first-order chi connectivity index (χ1) is 18.6. The number of fused-ring (bicyclic) bond motifs is 2. The molecule has 39 heavy (non-hydrogen) atoms. The summed E-state index contributed by atoms with van der Waals surface area (Å²) in [6.45, 7) is 1.85. The number of carbonyl (C=O) groups is 2. The fraction of sp³-hybridized carbons (Fsp3) is 0.214. The van der Waals surface area contributed by atoms with Gasteiger partial charge in [0.15, 0.2) is 11.5 Å². The molecule has 0 radical (unpaired) electrons. The van der Waals surface area contributed by atoms with Crippen LogP contribution < -0.4 is 18.9 Å². The molecular weight excluding hydrogens is 524 g/mol. The molecule has 1 aromatic heterocycles. The number of benzene rings is 3. The minimum atomic E-state index is -4.31. The molecular formula is C28H26N2O8S. The average molecular weight is 551 g/mol. The van der Waals surface area contributed by atoms with Gasteiger partial charge < -0.3 is 23.5 Å². The molecule has 1 amide bonds. The van der Waals surface area contributed by atoms with Crippen LogP contribution in [-0.4, -0.2) is 45.9 Å². The smallest absolute Gasteiger partial charge is 0.337 e. The van der Waals surface area contributed by atoms with E-state index < -0.39 is 27.8 Å². The van der Waals surface area contributed by atoms with E-state index in [1.807, 2.05) is 0 Å². The Morgan fingerprint density at radius 2 is 1.77 bits per heavy atom. The van der Waals surface area contributed by atoms with Crippen molar-refractivity contribution in [2.75, 3.05) is 21.0 Å². The number of carbonyl (C=O) groups excluding carboxylic acids is 2. The van der Waals surface area contributed by atoms with Crippen molar-refractivity contribution in [3.05, 3.63) is 83.0 Å². The zero-order chi connectivity index (χ0) is 27.9. The lowest BCUT2D eigenvalue weighted by atomic mass is 9.90. The van der Waals surface area contributed by atoms with Crippen LogP contribution in [0.15, 0.2) is 65.7 Å². The van der Waals surface area contributed by atoms with Gasteiger partial charge in [-0.25, -0.2) is 17.9 Å². The summed E-state index contributed by atoms with van der Waals surface area (Å²) in [4.78, 5) is 25.8. The lowest BCUT2D eigenvalue weighted by molar-refractivity contribution is -0.119. The molecule has 1 atom stereocenters. The Kier molecular flexibility index (Phi) is 6.69. The highest BCUT2D eigenvalue weighted by Gasteiger charge is 2.32. The Bertz CT molecular complexity index is 1730. The average Bonchev–Trinajstić information content (AvgIpc) is 3.51. The van der Waals surface area contributed by atoms with Crippen molar-refractivity contribution in [1.29, 1.82) is 0 Å². The van der Waals surface area contributed by atoms with E-state index in [9.17, 15) is 18.0 Å². The van der Waals surface area contributed by atoms with Crippen LogP contribution in [0.3, 0.4) is 0 Å². The van der Waals surface area contributed by atoms with Gasteiger partial charge in [0.2, 0.25) is 12.7 Å². The van der Waals surface area contributed by atoms with E-state index in [4.69, 9.17) is 18.9 Å². The third-order valence-electron chi connectivity index (χ3n) is 6.59. The topological polar surface area (TPSA) is 122 Å². The van der Waals surface area contributed by atoms with Crippen LogP contribution in [0, 0.1) is 6.92 Å². The van der Waals surface area contributed by atoms with Gasteiger partial charge in [-0.1, -0.05) is 18.2 Å².